The summed E-state index contributed by atoms with van der Waals surface area (Å²) in [4.78, 5) is 28.8. The van der Waals surface area contributed by atoms with Crippen molar-refractivity contribution < 1.29 is 9.59 Å². The second-order valence-corrected chi connectivity index (χ2v) is 7.76. The summed E-state index contributed by atoms with van der Waals surface area (Å²) >= 11 is 0. The van der Waals surface area contributed by atoms with E-state index in [0.717, 1.165) is 57.7 Å². The molecule has 0 radical (unpaired) electrons. The van der Waals surface area contributed by atoms with Gasteiger partial charge in [-0.15, -0.1) is 0 Å². The summed E-state index contributed by atoms with van der Waals surface area (Å²) in [7, 11) is 1.97. The Morgan fingerprint density at radius 2 is 1.71 bits per heavy atom. The van der Waals surface area contributed by atoms with Crippen LogP contribution in [0.15, 0.2) is 0 Å². The standard InChI is InChI=1S/C19H35N3O2/c1-4-11-20-19(24)16-9-12-22(13-10-16)14-18(23)21(3)17-7-5-15(2)6-8-17/h15-17H,4-14H2,1-3H3,(H,20,24). The monoisotopic (exact) mass is 337 g/mol. The van der Waals surface area contributed by atoms with Crippen LogP contribution in [-0.2, 0) is 9.59 Å². The van der Waals surface area contributed by atoms with Crippen LogP contribution in [0.25, 0.3) is 0 Å². The highest BCUT2D eigenvalue weighted by atomic mass is 16.2. The van der Waals surface area contributed by atoms with E-state index in [2.05, 4.69) is 24.1 Å². The van der Waals surface area contributed by atoms with Crippen LogP contribution in [0, 0.1) is 11.8 Å². The number of likely N-dealkylation sites (tertiary alicyclic amines) is 1. The van der Waals surface area contributed by atoms with Gasteiger partial charge in [0.1, 0.15) is 0 Å². The number of hydrogen-bond donors (Lipinski definition) is 1. The summed E-state index contributed by atoms with van der Waals surface area (Å²) in [6.45, 7) is 7.35. The third-order valence-electron chi connectivity index (χ3n) is 5.79. The van der Waals surface area contributed by atoms with Gasteiger partial charge in [0.15, 0.2) is 0 Å². The van der Waals surface area contributed by atoms with Gasteiger partial charge >= 0.3 is 0 Å². The molecule has 0 aromatic carbocycles. The van der Waals surface area contributed by atoms with Gasteiger partial charge in [0, 0.05) is 25.6 Å². The van der Waals surface area contributed by atoms with Crippen LogP contribution in [0.1, 0.15) is 58.8 Å². The van der Waals surface area contributed by atoms with Crippen molar-refractivity contribution in [2.24, 2.45) is 11.8 Å². The molecule has 1 N–H and O–H groups in total. The molecule has 0 bridgehead atoms. The summed E-state index contributed by atoms with van der Waals surface area (Å²) < 4.78 is 0. The van der Waals surface area contributed by atoms with Gasteiger partial charge < -0.3 is 10.2 Å². The molecule has 0 aromatic heterocycles. The van der Waals surface area contributed by atoms with E-state index in [9.17, 15) is 9.59 Å². The van der Waals surface area contributed by atoms with E-state index in [1.807, 2.05) is 11.9 Å². The molecule has 1 saturated carbocycles. The molecule has 1 heterocycles. The first-order chi connectivity index (χ1) is 11.5. The average molecular weight is 338 g/mol. The lowest BCUT2D eigenvalue weighted by Gasteiger charge is -2.36. The minimum Gasteiger partial charge on any atom is -0.356 e. The minimum atomic E-state index is 0.125. The van der Waals surface area contributed by atoms with Crippen molar-refractivity contribution in [2.75, 3.05) is 33.2 Å². The first kappa shape index (κ1) is 19.2. The van der Waals surface area contributed by atoms with Crippen molar-refractivity contribution in [3.63, 3.8) is 0 Å². The highest BCUT2D eigenvalue weighted by Crippen LogP contribution is 2.26. The maximum Gasteiger partial charge on any atom is 0.236 e. The van der Waals surface area contributed by atoms with Gasteiger partial charge in [0.05, 0.1) is 6.54 Å². The predicted molar refractivity (Wildman–Crippen MR) is 96.7 cm³/mol. The molecule has 1 saturated heterocycles. The molecule has 1 aliphatic heterocycles. The van der Waals surface area contributed by atoms with Crippen LogP contribution in [0.2, 0.25) is 0 Å². The molecule has 2 amide bonds. The second-order valence-electron chi connectivity index (χ2n) is 7.76. The lowest BCUT2D eigenvalue weighted by Crippen LogP contribution is -2.47. The number of likely N-dealkylation sites (N-methyl/N-ethyl adjacent to an activating group) is 1. The van der Waals surface area contributed by atoms with Crippen LogP contribution in [0.4, 0.5) is 0 Å². The number of piperidine rings is 1. The molecule has 0 aromatic rings. The molecule has 2 aliphatic rings. The van der Waals surface area contributed by atoms with Crippen LogP contribution < -0.4 is 5.32 Å². The third kappa shape index (κ3) is 5.47. The van der Waals surface area contributed by atoms with Crippen molar-refractivity contribution in [2.45, 2.75) is 64.8 Å². The summed E-state index contributed by atoms with van der Waals surface area (Å²) in [5.41, 5.74) is 0. The maximum atomic E-state index is 12.6. The Kier molecular flexibility index (Phi) is 7.53. The molecule has 5 nitrogen and oxygen atoms in total. The molecule has 1 aliphatic carbocycles. The minimum absolute atomic E-state index is 0.125. The predicted octanol–water partition coefficient (Wildman–Crippen LogP) is 2.26. The molecule has 138 valence electrons. The zero-order chi connectivity index (χ0) is 17.5. The molecule has 0 spiro atoms. The smallest absolute Gasteiger partial charge is 0.236 e. The number of carbonyl (C=O) groups excluding carboxylic acids is 2. The number of carbonyl (C=O) groups is 2. The van der Waals surface area contributed by atoms with Crippen LogP contribution in [0.3, 0.4) is 0 Å². The first-order valence-corrected chi connectivity index (χ1v) is 9.77. The Hall–Kier alpha value is -1.10. The summed E-state index contributed by atoms with van der Waals surface area (Å²) in [6, 6.07) is 0.422. The lowest BCUT2D eigenvalue weighted by atomic mass is 9.87. The molecular weight excluding hydrogens is 302 g/mol. The van der Waals surface area contributed by atoms with Gasteiger partial charge in [-0.3, -0.25) is 14.5 Å². The van der Waals surface area contributed by atoms with Gasteiger partial charge in [0.2, 0.25) is 11.8 Å². The van der Waals surface area contributed by atoms with E-state index < -0.39 is 0 Å². The van der Waals surface area contributed by atoms with E-state index in [4.69, 9.17) is 0 Å². The van der Waals surface area contributed by atoms with E-state index in [0.29, 0.717) is 12.6 Å². The zero-order valence-electron chi connectivity index (χ0n) is 15.7. The highest BCUT2D eigenvalue weighted by Gasteiger charge is 2.28. The Morgan fingerprint density at radius 1 is 1.08 bits per heavy atom. The van der Waals surface area contributed by atoms with Crippen LogP contribution >= 0.6 is 0 Å². The molecule has 5 heteroatoms. The Balaban J connectivity index is 1.71. The summed E-state index contributed by atoms with van der Waals surface area (Å²) in [5, 5.41) is 2.99. The van der Waals surface area contributed by atoms with Crippen molar-refractivity contribution in [3.05, 3.63) is 0 Å². The van der Waals surface area contributed by atoms with E-state index in [1.54, 1.807) is 0 Å². The van der Waals surface area contributed by atoms with Gasteiger partial charge in [-0.1, -0.05) is 13.8 Å². The second kappa shape index (κ2) is 9.40. The van der Waals surface area contributed by atoms with E-state index in [-0.39, 0.29) is 17.7 Å². The molecular formula is C19H35N3O2. The van der Waals surface area contributed by atoms with E-state index >= 15 is 0 Å². The van der Waals surface area contributed by atoms with Crippen molar-refractivity contribution in [1.82, 2.24) is 15.1 Å². The maximum absolute atomic E-state index is 12.6. The lowest BCUT2D eigenvalue weighted by molar-refractivity contribution is -0.134. The van der Waals surface area contributed by atoms with Gasteiger partial charge in [-0.05, 0) is 64.0 Å². The average Bonchev–Trinajstić information content (AvgIpc) is 2.60. The molecule has 0 atom stereocenters. The molecule has 2 fully saturated rings. The summed E-state index contributed by atoms with van der Waals surface area (Å²) in [5.74, 6) is 1.36. The normalized spacial score (nSPS) is 26.1. The van der Waals surface area contributed by atoms with Crippen LogP contribution in [0.5, 0.6) is 0 Å². The fraction of sp³-hybridized carbons (Fsp3) is 0.895. The van der Waals surface area contributed by atoms with Gasteiger partial charge in [0.25, 0.3) is 0 Å². The Bertz CT molecular complexity index is 411. The van der Waals surface area contributed by atoms with Crippen LogP contribution in [-0.4, -0.2) is 60.9 Å². The molecule has 24 heavy (non-hydrogen) atoms. The summed E-state index contributed by atoms with van der Waals surface area (Å²) in [6.07, 6.45) is 7.47. The van der Waals surface area contributed by atoms with Crippen molar-refractivity contribution in [3.8, 4) is 0 Å². The highest BCUT2D eigenvalue weighted by molar-refractivity contribution is 5.79. The largest absolute Gasteiger partial charge is 0.356 e. The van der Waals surface area contributed by atoms with Crippen molar-refractivity contribution >= 4 is 11.8 Å². The number of hydrogen-bond acceptors (Lipinski definition) is 3. The topological polar surface area (TPSA) is 52.7 Å². The number of nitrogens with zero attached hydrogens (tertiary/aromatic N) is 2. The number of rotatable bonds is 6. The van der Waals surface area contributed by atoms with Crippen molar-refractivity contribution in [1.29, 1.82) is 0 Å². The fourth-order valence-electron chi connectivity index (χ4n) is 3.88. The van der Waals surface area contributed by atoms with Gasteiger partial charge in [-0.25, -0.2) is 0 Å². The van der Waals surface area contributed by atoms with E-state index in [1.165, 1.54) is 12.8 Å². The fourth-order valence-corrected chi connectivity index (χ4v) is 3.88. The number of amides is 2. The first-order valence-electron chi connectivity index (χ1n) is 9.77. The number of nitrogens with one attached hydrogen (secondary N) is 1. The quantitative estimate of drug-likeness (QED) is 0.809. The SMILES string of the molecule is CCCNC(=O)C1CCN(CC(=O)N(C)C2CCC(C)CC2)CC1. The molecule has 0 unspecified atom stereocenters. The molecule has 2 rings (SSSR count). The zero-order valence-corrected chi connectivity index (χ0v) is 15.7. The Morgan fingerprint density at radius 3 is 2.29 bits per heavy atom. The van der Waals surface area contributed by atoms with Gasteiger partial charge in [-0.2, -0.15) is 0 Å². The Labute approximate surface area is 147 Å². The third-order valence-corrected chi connectivity index (χ3v) is 5.79.